The Balaban J connectivity index is 2.04. The molecule has 0 bridgehead atoms. The Morgan fingerprint density at radius 1 is 1.21 bits per heavy atom. The maximum absolute atomic E-state index is 13.0. The van der Waals surface area contributed by atoms with Crippen LogP contribution in [0, 0.1) is 11.6 Å². The smallest absolute Gasteiger partial charge is 0.175 e. The standard InChI is InChI=1S/C12H6Br2F2OS2/c13-11-4-7(12(14)19-11)10(17)5-18-6-1-2-8(15)9(16)3-6/h1-4H,5H2. The van der Waals surface area contributed by atoms with Crippen molar-refractivity contribution < 1.29 is 13.6 Å². The Morgan fingerprint density at radius 3 is 2.53 bits per heavy atom. The largest absolute Gasteiger partial charge is 0.293 e. The average molecular weight is 428 g/mol. The molecule has 0 unspecified atom stereocenters. The molecular formula is C12H6Br2F2OS2. The van der Waals surface area contributed by atoms with E-state index in [0.29, 0.717) is 10.5 Å². The summed E-state index contributed by atoms with van der Waals surface area (Å²) < 4.78 is 27.4. The van der Waals surface area contributed by atoms with Gasteiger partial charge in [-0.1, -0.05) is 0 Å². The average Bonchev–Trinajstić information content (AvgIpc) is 2.70. The molecule has 0 amide bonds. The van der Waals surface area contributed by atoms with E-state index in [2.05, 4.69) is 31.9 Å². The summed E-state index contributed by atoms with van der Waals surface area (Å²) in [5.41, 5.74) is 0.590. The van der Waals surface area contributed by atoms with Crippen LogP contribution in [0.3, 0.4) is 0 Å². The molecule has 0 atom stereocenters. The SMILES string of the molecule is O=C(CSc1ccc(F)c(F)c1)c1cc(Br)sc1Br. The molecule has 2 aromatic rings. The van der Waals surface area contributed by atoms with Crippen LogP contribution >= 0.6 is 55.0 Å². The lowest BCUT2D eigenvalue weighted by molar-refractivity contribution is 0.102. The Labute approximate surface area is 133 Å². The van der Waals surface area contributed by atoms with E-state index in [4.69, 9.17) is 0 Å². The van der Waals surface area contributed by atoms with Gasteiger partial charge < -0.3 is 0 Å². The highest BCUT2D eigenvalue weighted by Gasteiger charge is 2.14. The summed E-state index contributed by atoms with van der Waals surface area (Å²) in [5, 5.41) is 0. The molecule has 0 fully saturated rings. The summed E-state index contributed by atoms with van der Waals surface area (Å²) in [4.78, 5) is 12.5. The number of hydrogen-bond acceptors (Lipinski definition) is 3. The third-order valence-corrected chi connectivity index (χ3v) is 5.55. The Hall–Kier alpha value is -0.240. The molecule has 7 heteroatoms. The first-order chi connectivity index (χ1) is 8.97. The summed E-state index contributed by atoms with van der Waals surface area (Å²) >= 11 is 9.21. The summed E-state index contributed by atoms with van der Waals surface area (Å²) in [5.74, 6) is -1.69. The van der Waals surface area contributed by atoms with Crippen molar-refractivity contribution in [1.29, 1.82) is 0 Å². The summed E-state index contributed by atoms with van der Waals surface area (Å²) in [6.45, 7) is 0. The van der Waals surface area contributed by atoms with Crippen LogP contribution in [0.25, 0.3) is 0 Å². The molecule has 0 N–H and O–H groups in total. The normalized spacial score (nSPS) is 10.7. The molecule has 0 aliphatic carbocycles. The first-order valence-corrected chi connectivity index (χ1v) is 8.42. The number of benzene rings is 1. The van der Waals surface area contributed by atoms with E-state index in [-0.39, 0.29) is 11.5 Å². The van der Waals surface area contributed by atoms with Crippen LogP contribution in [0.4, 0.5) is 8.78 Å². The number of hydrogen-bond donors (Lipinski definition) is 0. The van der Waals surface area contributed by atoms with E-state index >= 15 is 0 Å². The molecule has 2 rings (SSSR count). The fraction of sp³-hybridized carbons (Fsp3) is 0.0833. The lowest BCUT2D eigenvalue weighted by Crippen LogP contribution is -2.01. The summed E-state index contributed by atoms with van der Waals surface area (Å²) in [7, 11) is 0. The van der Waals surface area contributed by atoms with Crippen LogP contribution < -0.4 is 0 Å². The predicted octanol–water partition coefficient (Wildman–Crippen LogP) is 5.53. The number of halogens is 4. The lowest BCUT2D eigenvalue weighted by Gasteiger charge is -2.01. The second-order valence-corrected chi connectivity index (χ2v) is 8.32. The topological polar surface area (TPSA) is 17.1 Å². The van der Waals surface area contributed by atoms with Gasteiger partial charge in [0.1, 0.15) is 0 Å². The van der Waals surface area contributed by atoms with Crippen LogP contribution in [0.2, 0.25) is 0 Å². The van der Waals surface area contributed by atoms with Crippen molar-refractivity contribution in [2.75, 3.05) is 5.75 Å². The minimum absolute atomic E-state index is 0.0661. The second kappa shape index (κ2) is 6.47. The minimum Gasteiger partial charge on any atom is -0.293 e. The number of thioether (sulfide) groups is 1. The third kappa shape index (κ3) is 3.87. The molecule has 0 aliphatic rings. The molecule has 0 saturated carbocycles. The van der Waals surface area contributed by atoms with Gasteiger partial charge in [0, 0.05) is 10.5 Å². The quantitative estimate of drug-likeness (QED) is 0.471. The zero-order chi connectivity index (χ0) is 14.0. The van der Waals surface area contributed by atoms with Crippen molar-refractivity contribution >= 4 is 60.7 Å². The summed E-state index contributed by atoms with van der Waals surface area (Å²) in [6, 6.07) is 5.34. The van der Waals surface area contributed by atoms with Gasteiger partial charge in [-0.2, -0.15) is 0 Å². The van der Waals surface area contributed by atoms with Gasteiger partial charge in [0.2, 0.25) is 0 Å². The maximum atomic E-state index is 13.0. The molecule has 1 nitrogen and oxygen atoms in total. The number of carbonyl (C=O) groups excluding carboxylic acids is 1. The lowest BCUT2D eigenvalue weighted by atomic mass is 10.2. The molecule has 1 aromatic carbocycles. The van der Waals surface area contributed by atoms with Crippen molar-refractivity contribution in [3.63, 3.8) is 0 Å². The molecule has 19 heavy (non-hydrogen) atoms. The zero-order valence-corrected chi connectivity index (χ0v) is 14.1. The Bertz CT molecular complexity index is 628. The second-order valence-electron chi connectivity index (χ2n) is 3.53. The van der Waals surface area contributed by atoms with E-state index < -0.39 is 11.6 Å². The van der Waals surface area contributed by atoms with E-state index in [1.54, 1.807) is 6.07 Å². The van der Waals surface area contributed by atoms with E-state index in [9.17, 15) is 13.6 Å². The van der Waals surface area contributed by atoms with Crippen LogP contribution in [0.15, 0.2) is 36.7 Å². The van der Waals surface area contributed by atoms with Gasteiger partial charge in [0.15, 0.2) is 17.4 Å². The molecular weight excluding hydrogens is 422 g/mol. The van der Waals surface area contributed by atoms with Gasteiger partial charge in [-0.3, -0.25) is 4.79 Å². The molecule has 0 aliphatic heterocycles. The van der Waals surface area contributed by atoms with Crippen molar-refractivity contribution in [2.24, 2.45) is 0 Å². The molecule has 100 valence electrons. The van der Waals surface area contributed by atoms with Crippen molar-refractivity contribution in [1.82, 2.24) is 0 Å². The van der Waals surface area contributed by atoms with E-state index in [1.165, 1.54) is 29.2 Å². The molecule has 0 saturated heterocycles. The van der Waals surface area contributed by atoms with Gasteiger partial charge in [-0.05, 0) is 56.1 Å². The highest BCUT2D eigenvalue weighted by molar-refractivity contribution is 9.12. The fourth-order valence-electron chi connectivity index (χ4n) is 1.32. The van der Waals surface area contributed by atoms with Crippen LogP contribution in [0.1, 0.15) is 10.4 Å². The van der Waals surface area contributed by atoms with Gasteiger partial charge in [-0.15, -0.1) is 23.1 Å². The van der Waals surface area contributed by atoms with Crippen molar-refractivity contribution in [2.45, 2.75) is 4.90 Å². The highest BCUT2D eigenvalue weighted by atomic mass is 79.9. The van der Waals surface area contributed by atoms with Crippen molar-refractivity contribution in [3.8, 4) is 0 Å². The van der Waals surface area contributed by atoms with Gasteiger partial charge in [0.05, 0.1) is 13.3 Å². The first-order valence-electron chi connectivity index (χ1n) is 5.03. The highest BCUT2D eigenvalue weighted by Crippen LogP contribution is 2.33. The van der Waals surface area contributed by atoms with Crippen LogP contribution in [-0.4, -0.2) is 11.5 Å². The number of Topliss-reactive ketones (excluding diaryl/α,β-unsaturated/α-hetero) is 1. The number of ketones is 1. The van der Waals surface area contributed by atoms with E-state index in [0.717, 1.165) is 19.7 Å². The fourth-order valence-corrected chi connectivity index (χ4v) is 4.98. The molecule has 1 heterocycles. The molecule has 0 radical (unpaired) electrons. The van der Waals surface area contributed by atoms with Crippen LogP contribution in [0.5, 0.6) is 0 Å². The predicted molar refractivity (Wildman–Crippen MR) is 81.1 cm³/mol. The minimum atomic E-state index is -0.906. The summed E-state index contributed by atoms with van der Waals surface area (Å²) in [6.07, 6.45) is 0. The Kier molecular flexibility index (Phi) is 5.16. The van der Waals surface area contributed by atoms with Crippen molar-refractivity contribution in [3.05, 3.63) is 49.0 Å². The van der Waals surface area contributed by atoms with Gasteiger partial charge in [-0.25, -0.2) is 8.78 Å². The molecule has 0 spiro atoms. The molecule has 1 aromatic heterocycles. The third-order valence-electron chi connectivity index (χ3n) is 2.22. The van der Waals surface area contributed by atoms with Gasteiger partial charge in [0.25, 0.3) is 0 Å². The van der Waals surface area contributed by atoms with Crippen LogP contribution in [-0.2, 0) is 0 Å². The van der Waals surface area contributed by atoms with E-state index in [1.807, 2.05) is 0 Å². The monoisotopic (exact) mass is 426 g/mol. The van der Waals surface area contributed by atoms with Gasteiger partial charge >= 0.3 is 0 Å². The number of thiophene rings is 1. The zero-order valence-electron chi connectivity index (χ0n) is 9.25. The number of carbonyl (C=O) groups is 1. The maximum Gasteiger partial charge on any atom is 0.175 e. The Morgan fingerprint density at radius 2 is 1.95 bits per heavy atom. The number of rotatable bonds is 4. The first kappa shape index (κ1) is 15.2.